The molecule has 0 radical (unpaired) electrons. The molecule has 1 N–H and O–H groups in total. The standard InChI is InChI=1S/C15H29N3O.C13H24N2O2/c1-16(2)15(19)13-7-5-4-6-8-14(13)18-11-9-17(3)10-12-18;1-14-7-9-15(10-8-14)12-6-4-2-3-5-11(12)13(16)17/h13-14H,4-12H2,1-3H3;11-12H,2-10H2,1H3,(H,16,17). The van der Waals surface area contributed by atoms with Gasteiger partial charge in [0.15, 0.2) is 0 Å². The Morgan fingerprint density at radius 2 is 1.00 bits per heavy atom. The van der Waals surface area contributed by atoms with Crippen LogP contribution in [-0.4, -0.2) is 134 Å². The smallest absolute Gasteiger partial charge is 0.308 e. The predicted molar refractivity (Wildman–Crippen MR) is 145 cm³/mol. The number of likely N-dealkylation sites (N-methyl/N-ethyl adjacent to an activating group) is 2. The number of hydrogen-bond donors (Lipinski definition) is 1. The molecule has 2 saturated carbocycles. The predicted octanol–water partition coefficient (Wildman–Crippen LogP) is 2.54. The summed E-state index contributed by atoms with van der Waals surface area (Å²) in [6.07, 6.45) is 11.5. The zero-order valence-corrected chi connectivity index (χ0v) is 23.5. The van der Waals surface area contributed by atoms with Gasteiger partial charge in [-0.1, -0.05) is 38.5 Å². The Bertz CT molecular complexity index is 674. The van der Waals surface area contributed by atoms with Crippen LogP contribution in [0.15, 0.2) is 0 Å². The Morgan fingerprint density at radius 3 is 1.42 bits per heavy atom. The molecule has 4 aliphatic rings. The highest BCUT2D eigenvalue weighted by Crippen LogP contribution is 2.30. The van der Waals surface area contributed by atoms with Gasteiger partial charge in [0.05, 0.1) is 11.8 Å². The van der Waals surface area contributed by atoms with Gasteiger partial charge in [-0.15, -0.1) is 0 Å². The third kappa shape index (κ3) is 8.40. The molecule has 4 atom stereocenters. The Morgan fingerprint density at radius 1 is 0.611 bits per heavy atom. The first-order valence-electron chi connectivity index (χ1n) is 14.6. The fourth-order valence-corrected chi connectivity index (χ4v) is 6.67. The fraction of sp³-hybridized carbons (Fsp3) is 0.929. The van der Waals surface area contributed by atoms with E-state index in [4.69, 9.17) is 0 Å². The number of carbonyl (C=O) groups is 2. The summed E-state index contributed by atoms with van der Waals surface area (Å²) >= 11 is 0. The lowest BCUT2D eigenvalue weighted by Gasteiger charge is -2.41. The molecule has 0 aromatic heterocycles. The molecule has 0 bridgehead atoms. The molecule has 4 rings (SSSR count). The first-order valence-corrected chi connectivity index (χ1v) is 14.6. The Balaban J connectivity index is 0.000000202. The fourth-order valence-electron chi connectivity index (χ4n) is 6.67. The van der Waals surface area contributed by atoms with Gasteiger partial charge in [-0.25, -0.2) is 0 Å². The summed E-state index contributed by atoms with van der Waals surface area (Å²) in [5.41, 5.74) is 0. The average molecular weight is 508 g/mol. The molecule has 8 nitrogen and oxygen atoms in total. The highest BCUT2D eigenvalue weighted by Gasteiger charge is 2.36. The maximum atomic E-state index is 12.5. The number of carboxylic acid groups (broad SMARTS) is 1. The van der Waals surface area contributed by atoms with Crippen LogP contribution in [0.2, 0.25) is 0 Å². The summed E-state index contributed by atoms with van der Waals surface area (Å²) in [6.45, 7) is 8.73. The van der Waals surface area contributed by atoms with Crippen LogP contribution in [-0.2, 0) is 9.59 Å². The number of nitrogens with zero attached hydrogens (tertiary/aromatic N) is 5. The SMILES string of the molecule is CN1CCN(C2CCCCCC2C(=O)N(C)C)CC1.CN1CCN(C2CCCCCC2C(=O)O)CC1. The van der Waals surface area contributed by atoms with Gasteiger partial charge >= 0.3 is 5.97 Å². The lowest BCUT2D eigenvalue weighted by Crippen LogP contribution is -2.53. The number of hydrogen-bond acceptors (Lipinski definition) is 6. The van der Waals surface area contributed by atoms with E-state index in [-0.39, 0.29) is 17.9 Å². The summed E-state index contributed by atoms with van der Waals surface area (Å²) in [7, 11) is 8.12. The summed E-state index contributed by atoms with van der Waals surface area (Å²) in [6, 6.07) is 0.759. The van der Waals surface area contributed by atoms with Crippen LogP contribution in [0.25, 0.3) is 0 Å². The molecule has 4 unspecified atom stereocenters. The molecule has 4 fully saturated rings. The first kappa shape index (κ1) is 29.3. The Labute approximate surface area is 219 Å². The van der Waals surface area contributed by atoms with Crippen molar-refractivity contribution in [3.05, 3.63) is 0 Å². The van der Waals surface area contributed by atoms with E-state index in [2.05, 4.69) is 33.7 Å². The second-order valence-electron chi connectivity index (χ2n) is 11.9. The minimum atomic E-state index is -0.587. The van der Waals surface area contributed by atoms with Crippen LogP contribution in [0, 0.1) is 11.8 Å². The van der Waals surface area contributed by atoms with E-state index in [1.165, 1.54) is 38.5 Å². The number of amides is 1. The molecular weight excluding hydrogens is 454 g/mol. The summed E-state index contributed by atoms with van der Waals surface area (Å²) in [5.74, 6) is -0.163. The van der Waals surface area contributed by atoms with Crippen molar-refractivity contribution in [3.63, 3.8) is 0 Å². The van der Waals surface area contributed by atoms with E-state index in [1.54, 1.807) is 4.90 Å². The van der Waals surface area contributed by atoms with Crippen molar-refractivity contribution in [1.82, 2.24) is 24.5 Å². The highest BCUT2D eigenvalue weighted by molar-refractivity contribution is 5.79. The summed E-state index contributed by atoms with van der Waals surface area (Å²) < 4.78 is 0. The van der Waals surface area contributed by atoms with Crippen molar-refractivity contribution >= 4 is 11.9 Å². The van der Waals surface area contributed by atoms with E-state index in [0.29, 0.717) is 11.9 Å². The van der Waals surface area contributed by atoms with Gasteiger partial charge in [-0.3, -0.25) is 19.4 Å². The van der Waals surface area contributed by atoms with Crippen molar-refractivity contribution in [2.75, 3.05) is 80.5 Å². The lowest BCUT2D eigenvalue weighted by atomic mass is 9.91. The van der Waals surface area contributed by atoms with E-state index in [0.717, 1.165) is 78.0 Å². The van der Waals surface area contributed by atoms with Gasteiger partial charge in [0.25, 0.3) is 0 Å². The second-order valence-corrected chi connectivity index (χ2v) is 11.9. The number of piperazine rings is 2. The molecule has 0 aromatic rings. The molecule has 0 spiro atoms. The second kappa shape index (κ2) is 14.6. The van der Waals surface area contributed by atoms with Crippen molar-refractivity contribution in [1.29, 1.82) is 0 Å². The molecule has 8 heteroatoms. The lowest BCUT2D eigenvalue weighted by molar-refractivity contribution is -0.145. The van der Waals surface area contributed by atoms with Crippen LogP contribution in [0.1, 0.15) is 64.2 Å². The highest BCUT2D eigenvalue weighted by atomic mass is 16.4. The zero-order chi connectivity index (χ0) is 26.1. The average Bonchev–Trinajstić information content (AvgIpc) is 3.26. The largest absolute Gasteiger partial charge is 0.481 e. The van der Waals surface area contributed by atoms with Gasteiger partial charge in [-0.05, 0) is 39.8 Å². The van der Waals surface area contributed by atoms with Gasteiger partial charge in [0.2, 0.25) is 5.91 Å². The van der Waals surface area contributed by atoms with Gasteiger partial charge < -0.3 is 19.8 Å². The molecular formula is C28H53N5O3. The van der Waals surface area contributed by atoms with Gasteiger partial charge in [-0.2, -0.15) is 0 Å². The van der Waals surface area contributed by atoms with Gasteiger partial charge in [0.1, 0.15) is 0 Å². The van der Waals surface area contributed by atoms with Crippen molar-refractivity contribution in [2.45, 2.75) is 76.3 Å². The first-order chi connectivity index (χ1) is 17.3. The van der Waals surface area contributed by atoms with Crippen molar-refractivity contribution in [2.24, 2.45) is 11.8 Å². The molecule has 2 aliphatic carbocycles. The summed E-state index contributed by atoms with van der Waals surface area (Å²) in [5, 5.41) is 9.38. The Hall–Kier alpha value is -1.22. The number of carboxylic acids is 1. The van der Waals surface area contributed by atoms with Crippen LogP contribution in [0.5, 0.6) is 0 Å². The Kier molecular flexibility index (Phi) is 11.9. The third-order valence-corrected chi connectivity index (χ3v) is 9.05. The normalized spacial score (nSPS) is 32.0. The molecule has 2 heterocycles. The third-order valence-electron chi connectivity index (χ3n) is 9.05. The monoisotopic (exact) mass is 507 g/mol. The van der Waals surface area contributed by atoms with Crippen LogP contribution in [0.4, 0.5) is 0 Å². The van der Waals surface area contributed by atoms with E-state index in [9.17, 15) is 14.7 Å². The van der Waals surface area contributed by atoms with E-state index in [1.807, 2.05) is 14.1 Å². The van der Waals surface area contributed by atoms with Crippen molar-refractivity contribution < 1.29 is 14.7 Å². The maximum Gasteiger partial charge on any atom is 0.308 e. The minimum absolute atomic E-state index is 0.138. The number of aliphatic carboxylic acids is 1. The van der Waals surface area contributed by atoms with Crippen LogP contribution < -0.4 is 0 Å². The molecule has 2 saturated heterocycles. The molecule has 2 aliphatic heterocycles. The topological polar surface area (TPSA) is 70.6 Å². The summed E-state index contributed by atoms with van der Waals surface area (Å²) in [4.78, 5) is 35.3. The zero-order valence-electron chi connectivity index (χ0n) is 23.5. The van der Waals surface area contributed by atoms with Crippen LogP contribution in [0.3, 0.4) is 0 Å². The minimum Gasteiger partial charge on any atom is -0.481 e. The molecule has 0 aromatic carbocycles. The van der Waals surface area contributed by atoms with E-state index < -0.39 is 5.97 Å². The van der Waals surface area contributed by atoms with E-state index >= 15 is 0 Å². The van der Waals surface area contributed by atoms with Crippen molar-refractivity contribution in [3.8, 4) is 0 Å². The van der Waals surface area contributed by atoms with Crippen LogP contribution >= 0.6 is 0 Å². The van der Waals surface area contributed by atoms with Gasteiger partial charge in [0, 0.05) is 78.5 Å². The maximum absolute atomic E-state index is 12.5. The molecule has 36 heavy (non-hydrogen) atoms. The number of carbonyl (C=O) groups excluding carboxylic acids is 1. The molecule has 208 valence electrons. The molecule has 1 amide bonds. The number of rotatable bonds is 4. The quantitative estimate of drug-likeness (QED) is 0.587.